The maximum Gasteiger partial charge on any atom is 0.295 e. The molecule has 0 aromatic heterocycles. The molecular formula is C32H44N2O6. The van der Waals surface area contributed by atoms with Crippen molar-refractivity contribution in [3.63, 3.8) is 0 Å². The number of nitrogens with zero attached hydrogens (tertiary/aromatic N) is 2. The van der Waals surface area contributed by atoms with Crippen LogP contribution in [0.1, 0.15) is 69.7 Å². The second kappa shape index (κ2) is 14.7. The van der Waals surface area contributed by atoms with E-state index in [0.29, 0.717) is 48.9 Å². The number of unbranched alkanes of at least 4 members (excludes halogenated alkanes) is 1. The number of ketones is 1. The molecule has 1 aliphatic rings. The van der Waals surface area contributed by atoms with Gasteiger partial charge in [0.15, 0.2) is 11.5 Å². The predicted molar refractivity (Wildman–Crippen MR) is 157 cm³/mol. The molecule has 1 N–H and O–H groups in total. The van der Waals surface area contributed by atoms with Gasteiger partial charge in [-0.3, -0.25) is 9.59 Å². The molecule has 2 aromatic carbocycles. The van der Waals surface area contributed by atoms with E-state index in [1.165, 1.54) is 0 Å². The maximum absolute atomic E-state index is 13.5. The maximum atomic E-state index is 13.5. The third-order valence-electron chi connectivity index (χ3n) is 7.26. The number of ether oxygens (including phenoxy) is 3. The van der Waals surface area contributed by atoms with Crippen molar-refractivity contribution in [1.29, 1.82) is 0 Å². The van der Waals surface area contributed by atoms with Crippen molar-refractivity contribution in [3.05, 3.63) is 58.7 Å². The first-order chi connectivity index (χ1) is 19.3. The molecule has 1 amide bonds. The molecule has 2 aromatic rings. The van der Waals surface area contributed by atoms with Crippen LogP contribution < -0.4 is 14.2 Å². The van der Waals surface area contributed by atoms with Crippen LogP contribution in [0.25, 0.3) is 5.76 Å². The lowest BCUT2D eigenvalue weighted by Crippen LogP contribution is -2.38. The van der Waals surface area contributed by atoms with Crippen LogP contribution in [0.3, 0.4) is 0 Å². The highest BCUT2D eigenvalue weighted by Gasteiger charge is 2.46. The second-order valence-electron chi connectivity index (χ2n) is 9.96. The summed E-state index contributed by atoms with van der Waals surface area (Å²) in [7, 11) is 1.56. The van der Waals surface area contributed by atoms with E-state index in [-0.39, 0.29) is 11.3 Å². The van der Waals surface area contributed by atoms with Crippen LogP contribution in [0.4, 0.5) is 0 Å². The summed E-state index contributed by atoms with van der Waals surface area (Å²) < 4.78 is 17.3. The summed E-state index contributed by atoms with van der Waals surface area (Å²) in [4.78, 5) is 30.6. The smallest absolute Gasteiger partial charge is 0.295 e. The largest absolute Gasteiger partial charge is 0.507 e. The highest BCUT2D eigenvalue weighted by atomic mass is 16.5. The zero-order chi connectivity index (χ0) is 29.2. The van der Waals surface area contributed by atoms with Gasteiger partial charge in [-0.1, -0.05) is 40.2 Å². The highest BCUT2D eigenvalue weighted by molar-refractivity contribution is 6.46. The lowest BCUT2D eigenvalue weighted by molar-refractivity contribution is -0.140. The van der Waals surface area contributed by atoms with Crippen molar-refractivity contribution in [2.75, 3.05) is 46.5 Å². The number of hydrogen-bond donors (Lipinski definition) is 1. The van der Waals surface area contributed by atoms with Gasteiger partial charge in [0.2, 0.25) is 0 Å². The summed E-state index contributed by atoms with van der Waals surface area (Å²) in [6.45, 7) is 13.9. The van der Waals surface area contributed by atoms with Crippen molar-refractivity contribution in [1.82, 2.24) is 9.80 Å². The van der Waals surface area contributed by atoms with Gasteiger partial charge in [-0.25, -0.2) is 0 Å². The molecule has 40 heavy (non-hydrogen) atoms. The van der Waals surface area contributed by atoms with E-state index in [2.05, 4.69) is 25.7 Å². The van der Waals surface area contributed by atoms with E-state index in [4.69, 9.17) is 14.2 Å². The van der Waals surface area contributed by atoms with Crippen LogP contribution in [0.2, 0.25) is 0 Å². The molecule has 218 valence electrons. The summed E-state index contributed by atoms with van der Waals surface area (Å²) in [6.07, 6.45) is 2.80. The Morgan fingerprint density at radius 3 is 2.25 bits per heavy atom. The van der Waals surface area contributed by atoms with E-state index in [9.17, 15) is 14.7 Å². The topological polar surface area (TPSA) is 88.5 Å². The van der Waals surface area contributed by atoms with E-state index < -0.39 is 17.7 Å². The fourth-order valence-electron chi connectivity index (χ4n) is 4.87. The first kappa shape index (κ1) is 31.0. The fraction of sp³-hybridized carbons (Fsp3) is 0.500. The Morgan fingerprint density at radius 1 is 0.925 bits per heavy atom. The number of rotatable bonds is 15. The van der Waals surface area contributed by atoms with Gasteiger partial charge in [-0.05, 0) is 74.3 Å². The van der Waals surface area contributed by atoms with Crippen molar-refractivity contribution >= 4 is 17.4 Å². The number of carbonyl (C=O) groups excluding carboxylic acids is 2. The number of benzene rings is 2. The normalized spacial score (nSPS) is 16.6. The molecule has 0 saturated carbocycles. The summed E-state index contributed by atoms with van der Waals surface area (Å²) in [6, 6.07) is 9.96. The van der Waals surface area contributed by atoms with E-state index >= 15 is 0 Å². The summed E-state index contributed by atoms with van der Waals surface area (Å²) in [5.74, 6) is 0.294. The average Bonchev–Trinajstić information content (AvgIpc) is 3.22. The van der Waals surface area contributed by atoms with Gasteiger partial charge < -0.3 is 29.1 Å². The van der Waals surface area contributed by atoms with Crippen molar-refractivity contribution < 1.29 is 28.9 Å². The number of Topliss-reactive ketones (excluding diaryl/α,β-unsaturated/α-hetero) is 1. The zero-order valence-corrected chi connectivity index (χ0v) is 24.8. The third kappa shape index (κ3) is 6.97. The fourth-order valence-corrected chi connectivity index (χ4v) is 4.87. The molecule has 0 radical (unpaired) electrons. The van der Waals surface area contributed by atoms with Gasteiger partial charge >= 0.3 is 0 Å². The summed E-state index contributed by atoms with van der Waals surface area (Å²) in [5.41, 5.74) is 2.02. The molecule has 0 spiro atoms. The van der Waals surface area contributed by atoms with Gasteiger partial charge in [0.1, 0.15) is 11.5 Å². The Morgan fingerprint density at radius 2 is 1.62 bits per heavy atom. The second-order valence-corrected chi connectivity index (χ2v) is 9.96. The molecule has 0 aliphatic carbocycles. The number of aryl methyl sites for hydroxylation is 1. The van der Waals surface area contributed by atoms with Crippen molar-refractivity contribution in [3.8, 4) is 17.2 Å². The van der Waals surface area contributed by atoms with E-state index in [0.717, 1.165) is 43.7 Å². The molecule has 8 nitrogen and oxygen atoms in total. The standard InChI is InChI=1S/C32H44N2O6/c1-7-11-19-40-26-15-12-23(21-27(26)38-6)29-28(31(36)32(37)34(29)17-16-33(9-3)10-4)30(35)24-13-14-25(22(5)20-24)39-18-8-2/h12-15,20-21,29,35H,7-11,16-19H2,1-6H3. The Labute approximate surface area is 238 Å². The van der Waals surface area contributed by atoms with Crippen LogP contribution in [0.5, 0.6) is 17.2 Å². The molecule has 1 atom stereocenters. The SMILES string of the molecule is CCCCOc1ccc(C2C(=C(O)c3ccc(OCCC)c(C)c3)C(=O)C(=O)N2CCN(CC)CC)cc1OC. The Kier molecular flexibility index (Phi) is 11.4. The Hall–Kier alpha value is -3.52. The van der Waals surface area contributed by atoms with Gasteiger partial charge in [-0.15, -0.1) is 0 Å². The third-order valence-corrected chi connectivity index (χ3v) is 7.26. The minimum Gasteiger partial charge on any atom is -0.507 e. The molecule has 8 heteroatoms. The molecule has 3 rings (SSSR count). The Bertz CT molecular complexity index is 1200. The molecule has 1 saturated heterocycles. The summed E-state index contributed by atoms with van der Waals surface area (Å²) >= 11 is 0. The zero-order valence-electron chi connectivity index (χ0n) is 24.8. The first-order valence-electron chi connectivity index (χ1n) is 14.4. The average molecular weight is 553 g/mol. The van der Waals surface area contributed by atoms with Crippen molar-refractivity contribution in [2.24, 2.45) is 0 Å². The number of methoxy groups -OCH3 is 1. The van der Waals surface area contributed by atoms with Gasteiger partial charge in [0.25, 0.3) is 11.7 Å². The molecule has 0 bridgehead atoms. The monoisotopic (exact) mass is 552 g/mol. The molecular weight excluding hydrogens is 508 g/mol. The number of likely N-dealkylation sites (tertiary alicyclic amines) is 1. The van der Waals surface area contributed by atoms with Gasteiger partial charge in [0.05, 0.1) is 31.9 Å². The number of carbonyl (C=O) groups is 2. The summed E-state index contributed by atoms with van der Waals surface area (Å²) in [5, 5.41) is 11.5. The quantitative estimate of drug-likeness (QED) is 0.131. The van der Waals surface area contributed by atoms with Crippen LogP contribution in [-0.4, -0.2) is 73.1 Å². The minimum absolute atomic E-state index is 0.0628. The molecule has 1 heterocycles. The number of likely N-dealkylation sites (N-methyl/N-ethyl adjacent to an activating group) is 1. The van der Waals surface area contributed by atoms with Crippen LogP contribution >= 0.6 is 0 Å². The highest BCUT2D eigenvalue weighted by Crippen LogP contribution is 2.42. The van der Waals surface area contributed by atoms with Crippen LogP contribution in [-0.2, 0) is 9.59 Å². The minimum atomic E-state index is -0.773. The van der Waals surface area contributed by atoms with Crippen molar-refractivity contribution in [2.45, 2.75) is 59.9 Å². The number of amides is 1. The lowest BCUT2D eigenvalue weighted by Gasteiger charge is -2.28. The Balaban J connectivity index is 2.10. The number of hydrogen-bond acceptors (Lipinski definition) is 7. The van der Waals surface area contributed by atoms with E-state index in [1.54, 1.807) is 42.3 Å². The molecule has 1 aliphatic heterocycles. The number of aliphatic hydroxyl groups is 1. The van der Waals surface area contributed by atoms with Gasteiger partial charge in [0, 0.05) is 18.7 Å². The molecule has 1 unspecified atom stereocenters. The number of aliphatic hydroxyl groups excluding tert-OH is 1. The molecule has 1 fully saturated rings. The van der Waals surface area contributed by atoms with Crippen LogP contribution in [0, 0.1) is 6.92 Å². The first-order valence-corrected chi connectivity index (χ1v) is 14.4. The lowest BCUT2D eigenvalue weighted by atomic mass is 9.94. The predicted octanol–water partition coefficient (Wildman–Crippen LogP) is 5.73. The van der Waals surface area contributed by atoms with Crippen LogP contribution in [0.15, 0.2) is 42.0 Å². The van der Waals surface area contributed by atoms with E-state index in [1.807, 2.05) is 19.9 Å². The van der Waals surface area contributed by atoms with Gasteiger partial charge in [-0.2, -0.15) is 0 Å².